The van der Waals surface area contributed by atoms with Crippen molar-refractivity contribution in [2.45, 2.75) is 6.92 Å². The number of para-hydroxylation sites is 2. The van der Waals surface area contributed by atoms with Crippen molar-refractivity contribution >= 4 is 28.3 Å². The standard InChI is InChI=1S/C22H24N4O/c1-17-15-21(24-20-10-6-5-9-19(17)20)26-13-11-25(12-14-26)16-22(27)23-18-7-3-2-4-8-18/h2-10,15H,11-14,16H2,1H3,(H,23,27). The molecule has 1 saturated heterocycles. The Balaban J connectivity index is 1.36. The van der Waals surface area contributed by atoms with E-state index in [1.165, 1.54) is 10.9 Å². The van der Waals surface area contributed by atoms with Crippen molar-refractivity contribution in [1.82, 2.24) is 9.88 Å². The van der Waals surface area contributed by atoms with Gasteiger partial charge in [-0.25, -0.2) is 4.98 Å². The van der Waals surface area contributed by atoms with Crippen LogP contribution in [-0.2, 0) is 4.79 Å². The summed E-state index contributed by atoms with van der Waals surface area (Å²) in [6.45, 7) is 6.03. The zero-order chi connectivity index (χ0) is 18.6. The smallest absolute Gasteiger partial charge is 0.238 e. The number of nitrogens with one attached hydrogen (secondary N) is 1. The van der Waals surface area contributed by atoms with Crippen molar-refractivity contribution in [2.24, 2.45) is 0 Å². The molecule has 0 aliphatic carbocycles. The molecule has 1 N–H and O–H groups in total. The number of fused-ring (bicyclic) bond motifs is 1. The summed E-state index contributed by atoms with van der Waals surface area (Å²) in [7, 11) is 0. The van der Waals surface area contributed by atoms with Gasteiger partial charge in [-0.15, -0.1) is 0 Å². The SMILES string of the molecule is Cc1cc(N2CCN(CC(=O)Nc3ccccc3)CC2)nc2ccccc12. The number of hydrogen-bond donors (Lipinski definition) is 1. The first-order valence-corrected chi connectivity index (χ1v) is 9.38. The Labute approximate surface area is 159 Å². The predicted molar refractivity (Wildman–Crippen MR) is 110 cm³/mol. The van der Waals surface area contributed by atoms with Crippen LogP contribution in [0.15, 0.2) is 60.7 Å². The number of hydrogen-bond acceptors (Lipinski definition) is 4. The zero-order valence-corrected chi connectivity index (χ0v) is 15.6. The van der Waals surface area contributed by atoms with Crippen molar-refractivity contribution in [3.63, 3.8) is 0 Å². The van der Waals surface area contributed by atoms with Gasteiger partial charge in [0.2, 0.25) is 5.91 Å². The summed E-state index contributed by atoms with van der Waals surface area (Å²) in [6.07, 6.45) is 0. The van der Waals surface area contributed by atoms with E-state index in [-0.39, 0.29) is 5.91 Å². The molecule has 0 bridgehead atoms. The number of nitrogens with zero attached hydrogens (tertiary/aromatic N) is 3. The lowest BCUT2D eigenvalue weighted by Gasteiger charge is -2.35. The van der Waals surface area contributed by atoms with Gasteiger partial charge in [0.15, 0.2) is 0 Å². The van der Waals surface area contributed by atoms with Gasteiger partial charge in [-0.2, -0.15) is 0 Å². The van der Waals surface area contributed by atoms with Crippen LogP contribution >= 0.6 is 0 Å². The Morgan fingerprint density at radius 2 is 1.70 bits per heavy atom. The van der Waals surface area contributed by atoms with Crippen molar-refractivity contribution in [3.8, 4) is 0 Å². The molecule has 3 aromatic rings. The van der Waals surface area contributed by atoms with Gasteiger partial charge in [-0.3, -0.25) is 9.69 Å². The minimum atomic E-state index is 0.0364. The van der Waals surface area contributed by atoms with E-state index in [9.17, 15) is 4.79 Å². The average molecular weight is 360 g/mol. The molecule has 1 fully saturated rings. The molecule has 1 aliphatic rings. The van der Waals surface area contributed by atoms with Crippen molar-refractivity contribution < 1.29 is 4.79 Å². The van der Waals surface area contributed by atoms with E-state index >= 15 is 0 Å². The summed E-state index contributed by atoms with van der Waals surface area (Å²) in [4.78, 5) is 21.6. The van der Waals surface area contributed by atoms with Crippen LogP contribution in [0.1, 0.15) is 5.56 Å². The van der Waals surface area contributed by atoms with Crippen LogP contribution in [0.4, 0.5) is 11.5 Å². The quantitative estimate of drug-likeness (QED) is 0.776. The molecule has 1 amide bonds. The lowest BCUT2D eigenvalue weighted by molar-refractivity contribution is -0.117. The maximum Gasteiger partial charge on any atom is 0.238 e. The number of rotatable bonds is 4. The summed E-state index contributed by atoms with van der Waals surface area (Å²) in [5.74, 6) is 1.06. The second-order valence-electron chi connectivity index (χ2n) is 6.99. The van der Waals surface area contributed by atoms with Crippen molar-refractivity contribution in [3.05, 3.63) is 66.2 Å². The normalized spacial score (nSPS) is 15.1. The maximum atomic E-state index is 12.2. The van der Waals surface area contributed by atoms with E-state index in [0.29, 0.717) is 6.54 Å². The number of carbonyl (C=O) groups excluding carboxylic acids is 1. The number of aromatic nitrogens is 1. The first-order valence-electron chi connectivity index (χ1n) is 9.38. The molecule has 0 spiro atoms. The molecule has 4 rings (SSSR count). The number of aryl methyl sites for hydroxylation is 1. The molecule has 2 aromatic carbocycles. The van der Waals surface area contributed by atoms with Gasteiger partial charge in [-0.05, 0) is 36.8 Å². The number of benzene rings is 2. The molecule has 0 unspecified atom stereocenters. The highest BCUT2D eigenvalue weighted by atomic mass is 16.2. The van der Waals surface area contributed by atoms with Gasteiger partial charge in [0.25, 0.3) is 0 Å². The van der Waals surface area contributed by atoms with Gasteiger partial charge in [0.1, 0.15) is 5.82 Å². The molecule has 138 valence electrons. The van der Waals surface area contributed by atoms with E-state index < -0.39 is 0 Å². The Hall–Kier alpha value is -2.92. The third-order valence-electron chi connectivity index (χ3n) is 5.03. The molecular formula is C22H24N4O. The molecular weight excluding hydrogens is 336 g/mol. The Bertz CT molecular complexity index is 933. The number of piperazine rings is 1. The Kier molecular flexibility index (Phi) is 5.03. The lowest BCUT2D eigenvalue weighted by Crippen LogP contribution is -2.49. The highest BCUT2D eigenvalue weighted by molar-refractivity contribution is 5.92. The molecule has 0 saturated carbocycles. The van der Waals surface area contributed by atoms with Gasteiger partial charge in [-0.1, -0.05) is 36.4 Å². The summed E-state index contributed by atoms with van der Waals surface area (Å²) in [5, 5.41) is 4.16. The third kappa shape index (κ3) is 4.09. The van der Waals surface area contributed by atoms with Crippen LogP contribution in [0.25, 0.3) is 10.9 Å². The molecule has 5 nitrogen and oxygen atoms in total. The highest BCUT2D eigenvalue weighted by Crippen LogP contribution is 2.23. The monoisotopic (exact) mass is 360 g/mol. The Morgan fingerprint density at radius 1 is 1.00 bits per heavy atom. The van der Waals surface area contributed by atoms with Crippen molar-refractivity contribution in [1.29, 1.82) is 0 Å². The first kappa shape index (κ1) is 17.5. The zero-order valence-electron chi connectivity index (χ0n) is 15.6. The fourth-order valence-electron chi connectivity index (χ4n) is 3.55. The molecule has 0 atom stereocenters. The number of amides is 1. The van der Waals surface area contributed by atoms with Crippen LogP contribution in [0.3, 0.4) is 0 Å². The molecule has 0 radical (unpaired) electrons. The topological polar surface area (TPSA) is 48.5 Å². The van der Waals surface area contributed by atoms with Crippen LogP contribution in [-0.4, -0.2) is 48.5 Å². The third-order valence-corrected chi connectivity index (χ3v) is 5.03. The summed E-state index contributed by atoms with van der Waals surface area (Å²) < 4.78 is 0. The van der Waals surface area contributed by atoms with E-state index in [2.05, 4.69) is 46.3 Å². The number of anilines is 2. The molecule has 5 heteroatoms. The fourth-order valence-corrected chi connectivity index (χ4v) is 3.55. The van der Waals surface area contributed by atoms with E-state index in [1.54, 1.807) is 0 Å². The van der Waals surface area contributed by atoms with E-state index in [4.69, 9.17) is 4.98 Å². The van der Waals surface area contributed by atoms with Gasteiger partial charge >= 0.3 is 0 Å². The second-order valence-corrected chi connectivity index (χ2v) is 6.99. The second kappa shape index (κ2) is 7.76. The van der Waals surface area contributed by atoms with Crippen LogP contribution in [0.2, 0.25) is 0 Å². The number of pyridine rings is 1. The van der Waals surface area contributed by atoms with Gasteiger partial charge in [0.05, 0.1) is 12.1 Å². The fraction of sp³-hybridized carbons (Fsp3) is 0.273. The van der Waals surface area contributed by atoms with Crippen molar-refractivity contribution in [2.75, 3.05) is 42.9 Å². The molecule has 27 heavy (non-hydrogen) atoms. The largest absolute Gasteiger partial charge is 0.354 e. The minimum absolute atomic E-state index is 0.0364. The van der Waals surface area contributed by atoms with Crippen LogP contribution in [0.5, 0.6) is 0 Å². The Morgan fingerprint density at radius 3 is 2.48 bits per heavy atom. The van der Waals surface area contributed by atoms with Crippen LogP contribution in [0, 0.1) is 6.92 Å². The molecule has 2 heterocycles. The number of carbonyl (C=O) groups is 1. The summed E-state index contributed by atoms with van der Waals surface area (Å²) in [5.41, 5.74) is 3.13. The lowest BCUT2D eigenvalue weighted by atomic mass is 10.1. The average Bonchev–Trinajstić information content (AvgIpc) is 2.69. The first-order chi connectivity index (χ1) is 13.2. The molecule has 1 aliphatic heterocycles. The van der Waals surface area contributed by atoms with Crippen LogP contribution < -0.4 is 10.2 Å². The maximum absolute atomic E-state index is 12.2. The minimum Gasteiger partial charge on any atom is -0.354 e. The predicted octanol–water partition coefficient (Wildman–Crippen LogP) is 3.30. The molecule has 1 aromatic heterocycles. The van der Waals surface area contributed by atoms with E-state index in [0.717, 1.165) is 43.2 Å². The van der Waals surface area contributed by atoms with E-state index in [1.807, 2.05) is 36.4 Å². The summed E-state index contributed by atoms with van der Waals surface area (Å²) >= 11 is 0. The van der Waals surface area contributed by atoms with Gasteiger partial charge in [0, 0.05) is 37.3 Å². The van der Waals surface area contributed by atoms with Gasteiger partial charge < -0.3 is 10.2 Å². The summed E-state index contributed by atoms with van der Waals surface area (Å²) in [6, 6.07) is 20.0. The highest BCUT2D eigenvalue weighted by Gasteiger charge is 2.20.